The molecule has 2 N–H and O–H groups in total. The second kappa shape index (κ2) is 9.26. The number of anilines is 3. The number of ether oxygens (including phenoxy) is 1. The second-order valence-corrected chi connectivity index (χ2v) is 7.86. The van der Waals surface area contributed by atoms with Gasteiger partial charge in [-0.25, -0.2) is 0 Å². The molecule has 1 aromatic heterocycles. The molecule has 4 rings (SSSR count). The van der Waals surface area contributed by atoms with Crippen molar-refractivity contribution in [3.8, 4) is 5.75 Å². The number of benzene rings is 1. The maximum absolute atomic E-state index is 5.49. The largest absolute Gasteiger partial charge is 0.497 e. The molecule has 0 unspecified atom stereocenters. The van der Waals surface area contributed by atoms with Gasteiger partial charge >= 0.3 is 0 Å². The molecule has 1 aromatic carbocycles. The summed E-state index contributed by atoms with van der Waals surface area (Å²) in [6.45, 7) is 4.83. The van der Waals surface area contributed by atoms with E-state index in [0.29, 0.717) is 17.6 Å². The average molecular weight is 413 g/mol. The first kappa shape index (κ1) is 19.7. The number of methoxy groups -OCH3 is 1. The molecule has 3 heterocycles. The molecule has 2 aromatic rings. The highest BCUT2D eigenvalue weighted by Gasteiger charge is 2.20. The molecule has 0 aliphatic carbocycles. The SMILES string of the molecule is COc1ccc(CNC(=S)Nc2nc(N3CCCC3)cc(N3CCCC3)n2)cc1. The van der Waals surface area contributed by atoms with Gasteiger partial charge in [-0.15, -0.1) is 0 Å². The summed E-state index contributed by atoms with van der Waals surface area (Å²) in [6.07, 6.45) is 4.86. The van der Waals surface area contributed by atoms with Crippen molar-refractivity contribution in [2.24, 2.45) is 0 Å². The molecule has 2 aliphatic rings. The lowest BCUT2D eigenvalue weighted by molar-refractivity contribution is 0.414. The van der Waals surface area contributed by atoms with Crippen LogP contribution in [-0.4, -0.2) is 48.4 Å². The van der Waals surface area contributed by atoms with Crippen LogP contribution < -0.4 is 25.2 Å². The summed E-state index contributed by atoms with van der Waals surface area (Å²) < 4.78 is 5.20. The van der Waals surface area contributed by atoms with Gasteiger partial charge in [0.05, 0.1) is 7.11 Å². The van der Waals surface area contributed by atoms with E-state index >= 15 is 0 Å². The lowest BCUT2D eigenvalue weighted by Crippen LogP contribution is -2.30. The van der Waals surface area contributed by atoms with Crippen molar-refractivity contribution < 1.29 is 4.74 Å². The van der Waals surface area contributed by atoms with Crippen LogP contribution in [0.3, 0.4) is 0 Å². The van der Waals surface area contributed by atoms with Gasteiger partial charge in [-0.1, -0.05) is 12.1 Å². The van der Waals surface area contributed by atoms with E-state index in [0.717, 1.165) is 49.1 Å². The Labute approximate surface area is 177 Å². The molecule has 2 fully saturated rings. The van der Waals surface area contributed by atoms with Gasteiger partial charge in [0.2, 0.25) is 5.95 Å². The molecule has 0 atom stereocenters. The topological polar surface area (TPSA) is 65.6 Å². The van der Waals surface area contributed by atoms with E-state index in [2.05, 4.69) is 26.5 Å². The minimum atomic E-state index is 0.520. The number of rotatable bonds is 6. The number of aromatic nitrogens is 2. The Morgan fingerprint density at radius 3 is 2.03 bits per heavy atom. The molecular weight excluding hydrogens is 384 g/mol. The van der Waals surface area contributed by atoms with Gasteiger partial charge in [0.1, 0.15) is 17.4 Å². The van der Waals surface area contributed by atoms with Crippen molar-refractivity contribution in [3.05, 3.63) is 35.9 Å². The molecule has 29 heavy (non-hydrogen) atoms. The van der Waals surface area contributed by atoms with Gasteiger partial charge in [0, 0.05) is 38.8 Å². The van der Waals surface area contributed by atoms with Crippen LogP contribution in [0.2, 0.25) is 0 Å². The molecule has 7 nitrogen and oxygen atoms in total. The third-order valence-electron chi connectivity index (χ3n) is 5.40. The average Bonchev–Trinajstić information content (AvgIpc) is 3.47. The van der Waals surface area contributed by atoms with Crippen molar-refractivity contribution in [1.29, 1.82) is 0 Å². The summed E-state index contributed by atoms with van der Waals surface area (Å²) in [7, 11) is 1.67. The molecule has 2 aliphatic heterocycles. The van der Waals surface area contributed by atoms with Gasteiger partial charge in [0.15, 0.2) is 5.11 Å². The number of nitrogens with one attached hydrogen (secondary N) is 2. The fourth-order valence-electron chi connectivity index (χ4n) is 3.77. The number of hydrogen-bond donors (Lipinski definition) is 2. The molecule has 0 amide bonds. The Morgan fingerprint density at radius 1 is 0.966 bits per heavy atom. The second-order valence-electron chi connectivity index (χ2n) is 7.45. The summed E-state index contributed by atoms with van der Waals surface area (Å²) in [5.74, 6) is 3.37. The quantitative estimate of drug-likeness (QED) is 0.702. The molecule has 2 saturated heterocycles. The van der Waals surface area contributed by atoms with Gasteiger partial charge < -0.3 is 25.2 Å². The highest BCUT2D eigenvalue weighted by Crippen LogP contribution is 2.26. The van der Waals surface area contributed by atoms with Crippen LogP contribution in [0.25, 0.3) is 0 Å². The van der Waals surface area contributed by atoms with Crippen LogP contribution in [0.4, 0.5) is 17.6 Å². The summed E-state index contributed by atoms with van der Waals surface area (Å²) >= 11 is 5.49. The third-order valence-corrected chi connectivity index (χ3v) is 5.64. The minimum absolute atomic E-state index is 0.520. The van der Waals surface area contributed by atoms with Crippen molar-refractivity contribution in [2.75, 3.05) is 48.4 Å². The monoisotopic (exact) mass is 412 g/mol. The Hall–Kier alpha value is -2.61. The zero-order valence-electron chi connectivity index (χ0n) is 16.9. The smallest absolute Gasteiger partial charge is 0.232 e. The number of hydrogen-bond acceptors (Lipinski definition) is 6. The van der Waals surface area contributed by atoms with Gasteiger partial charge in [-0.3, -0.25) is 0 Å². The van der Waals surface area contributed by atoms with E-state index in [1.807, 2.05) is 24.3 Å². The van der Waals surface area contributed by atoms with E-state index in [-0.39, 0.29) is 0 Å². The lowest BCUT2D eigenvalue weighted by atomic mass is 10.2. The first-order valence-corrected chi connectivity index (χ1v) is 10.7. The molecule has 0 saturated carbocycles. The maximum Gasteiger partial charge on any atom is 0.232 e. The maximum atomic E-state index is 5.49. The van der Waals surface area contributed by atoms with Crippen molar-refractivity contribution in [1.82, 2.24) is 15.3 Å². The number of thiocarbonyl (C=S) groups is 1. The summed E-state index contributed by atoms with van der Waals surface area (Å²) in [5, 5.41) is 6.94. The number of nitrogens with zero attached hydrogens (tertiary/aromatic N) is 4. The fourth-order valence-corrected chi connectivity index (χ4v) is 3.93. The predicted octanol–water partition coefficient (Wildman–Crippen LogP) is 3.17. The Balaban J connectivity index is 1.43. The molecule has 0 radical (unpaired) electrons. The van der Waals surface area contributed by atoms with Gasteiger partial charge in [0.25, 0.3) is 0 Å². The van der Waals surface area contributed by atoms with Crippen molar-refractivity contribution >= 4 is 34.9 Å². The summed E-state index contributed by atoms with van der Waals surface area (Å²) in [4.78, 5) is 14.1. The normalized spacial score (nSPS) is 16.2. The van der Waals surface area contributed by atoms with Gasteiger partial charge in [-0.05, 0) is 55.6 Å². The fraction of sp³-hybridized carbons (Fsp3) is 0.476. The van der Waals surface area contributed by atoms with E-state index in [1.54, 1.807) is 7.11 Å². The van der Waals surface area contributed by atoms with Crippen LogP contribution in [0, 0.1) is 0 Å². The first-order chi connectivity index (χ1) is 14.2. The van der Waals surface area contributed by atoms with Crippen molar-refractivity contribution in [3.63, 3.8) is 0 Å². The van der Waals surface area contributed by atoms with Crippen LogP contribution in [0.15, 0.2) is 30.3 Å². The van der Waals surface area contributed by atoms with Crippen LogP contribution in [-0.2, 0) is 6.54 Å². The van der Waals surface area contributed by atoms with Crippen molar-refractivity contribution in [2.45, 2.75) is 32.2 Å². The molecule has 154 valence electrons. The van der Waals surface area contributed by atoms with E-state index in [4.69, 9.17) is 26.9 Å². The highest BCUT2D eigenvalue weighted by molar-refractivity contribution is 7.80. The predicted molar refractivity (Wildman–Crippen MR) is 121 cm³/mol. The van der Waals surface area contributed by atoms with Gasteiger partial charge in [-0.2, -0.15) is 9.97 Å². The molecule has 8 heteroatoms. The van der Waals surface area contributed by atoms with E-state index in [9.17, 15) is 0 Å². The van der Waals surface area contributed by atoms with Crippen LogP contribution in [0.1, 0.15) is 31.2 Å². The van der Waals surface area contributed by atoms with Crippen LogP contribution in [0.5, 0.6) is 5.75 Å². The zero-order chi connectivity index (χ0) is 20.1. The Morgan fingerprint density at radius 2 is 1.52 bits per heavy atom. The lowest BCUT2D eigenvalue weighted by Gasteiger charge is -2.22. The standard InChI is InChI=1S/C21H28N6OS/c1-28-17-8-6-16(7-9-17)15-22-21(29)25-20-23-18(26-10-2-3-11-26)14-19(24-20)27-12-4-5-13-27/h6-9,14H,2-5,10-13,15H2,1H3,(H2,22,23,24,25,29). The third kappa shape index (κ3) is 5.06. The summed E-state index contributed by atoms with van der Waals surface area (Å²) in [6, 6.07) is 10.0. The van der Waals surface area contributed by atoms with E-state index < -0.39 is 0 Å². The summed E-state index contributed by atoms with van der Waals surface area (Å²) in [5.41, 5.74) is 1.12. The Bertz CT molecular complexity index is 797. The zero-order valence-corrected chi connectivity index (χ0v) is 17.7. The molecule has 0 spiro atoms. The highest BCUT2D eigenvalue weighted by atomic mass is 32.1. The minimum Gasteiger partial charge on any atom is -0.497 e. The Kier molecular flexibility index (Phi) is 6.29. The van der Waals surface area contributed by atoms with E-state index in [1.165, 1.54) is 25.7 Å². The molecular formula is C21H28N6OS. The first-order valence-electron chi connectivity index (χ1n) is 10.3. The molecule has 0 bridgehead atoms. The van der Waals surface area contributed by atoms with Crippen LogP contribution >= 0.6 is 12.2 Å².